The first-order valence-electron chi connectivity index (χ1n) is 9.18. The second-order valence-corrected chi connectivity index (χ2v) is 8.06. The number of hydrogen-bond acceptors (Lipinski definition) is 5. The Morgan fingerprint density at radius 1 is 1.17 bits per heavy atom. The van der Waals surface area contributed by atoms with Gasteiger partial charge in [-0.05, 0) is 50.1 Å². The molecule has 0 saturated heterocycles. The maximum atomic E-state index is 12.8. The highest BCUT2D eigenvalue weighted by atomic mass is 35.5. The van der Waals surface area contributed by atoms with Crippen molar-refractivity contribution >= 4 is 63.4 Å². The van der Waals surface area contributed by atoms with Gasteiger partial charge in [0.1, 0.15) is 5.00 Å². The van der Waals surface area contributed by atoms with E-state index < -0.39 is 11.9 Å². The number of ether oxygens (including phenoxy) is 1. The highest BCUT2D eigenvalue weighted by molar-refractivity contribution is 7.18. The summed E-state index contributed by atoms with van der Waals surface area (Å²) in [6.45, 7) is 6.49. The molecule has 0 spiro atoms. The molecule has 1 N–H and O–H groups in total. The number of amides is 2. The van der Waals surface area contributed by atoms with Crippen LogP contribution in [0, 0.1) is 6.92 Å². The zero-order valence-electron chi connectivity index (χ0n) is 17.0. The second kappa shape index (κ2) is 10.6. The molecule has 30 heavy (non-hydrogen) atoms. The van der Waals surface area contributed by atoms with E-state index in [0.29, 0.717) is 39.1 Å². The van der Waals surface area contributed by atoms with Crippen LogP contribution in [0.1, 0.15) is 45.0 Å². The zero-order chi connectivity index (χ0) is 22.4. The SMILES string of the molecule is CCN(CC)C(=O)c1sc(NC(=O)/C=C/c2ccc(Cl)c(Cl)c2)c(C(=O)OC)c1C. The van der Waals surface area contributed by atoms with Gasteiger partial charge in [0.05, 0.1) is 27.6 Å². The van der Waals surface area contributed by atoms with Crippen LogP contribution in [0.5, 0.6) is 0 Å². The van der Waals surface area contributed by atoms with Gasteiger partial charge >= 0.3 is 5.97 Å². The minimum atomic E-state index is -0.619. The molecule has 0 radical (unpaired) electrons. The molecule has 0 fully saturated rings. The van der Waals surface area contributed by atoms with Crippen LogP contribution in [0.4, 0.5) is 5.00 Å². The summed E-state index contributed by atoms with van der Waals surface area (Å²) in [5.41, 5.74) is 1.34. The predicted molar refractivity (Wildman–Crippen MR) is 122 cm³/mol. The van der Waals surface area contributed by atoms with E-state index in [0.717, 1.165) is 11.3 Å². The van der Waals surface area contributed by atoms with Gasteiger partial charge in [-0.25, -0.2) is 4.79 Å². The Balaban J connectivity index is 2.32. The molecule has 0 atom stereocenters. The summed E-state index contributed by atoms with van der Waals surface area (Å²) in [6, 6.07) is 4.97. The Morgan fingerprint density at radius 3 is 2.40 bits per heavy atom. The lowest BCUT2D eigenvalue weighted by Crippen LogP contribution is -2.30. The number of esters is 1. The number of nitrogens with one attached hydrogen (secondary N) is 1. The Bertz CT molecular complexity index is 997. The van der Waals surface area contributed by atoms with E-state index in [4.69, 9.17) is 27.9 Å². The molecule has 0 unspecified atom stereocenters. The molecule has 6 nitrogen and oxygen atoms in total. The van der Waals surface area contributed by atoms with Gasteiger partial charge in [0.2, 0.25) is 5.91 Å². The van der Waals surface area contributed by atoms with E-state index in [1.54, 1.807) is 36.1 Å². The molecule has 0 aliphatic heterocycles. The first kappa shape index (κ1) is 23.9. The lowest BCUT2D eigenvalue weighted by Gasteiger charge is -2.17. The summed E-state index contributed by atoms with van der Waals surface area (Å²) in [5.74, 6) is -1.28. The van der Waals surface area contributed by atoms with Crippen LogP contribution in [0.25, 0.3) is 6.08 Å². The van der Waals surface area contributed by atoms with Gasteiger partial charge in [-0.3, -0.25) is 9.59 Å². The molecule has 160 valence electrons. The van der Waals surface area contributed by atoms with E-state index in [9.17, 15) is 14.4 Å². The van der Waals surface area contributed by atoms with Crippen molar-refractivity contribution in [3.63, 3.8) is 0 Å². The van der Waals surface area contributed by atoms with Gasteiger partial charge in [-0.1, -0.05) is 29.3 Å². The van der Waals surface area contributed by atoms with Crippen LogP contribution in [-0.2, 0) is 9.53 Å². The van der Waals surface area contributed by atoms with Gasteiger partial charge in [0.25, 0.3) is 5.91 Å². The number of rotatable bonds is 7. The Labute approximate surface area is 189 Å². The third-order valence-corrected chi connectivity index (χ3v) is 6.32. The minimum Gasteiger partial charge on any atom is -0.465 e. The maximum absolute atomic E-state index is 12.8. The highest BCUT2D eigenvalue weighted by Gasteiger charge is 2.27. The van der Waals surface area contributed by atoms with Crippen molar-refractivity contribution < 1.29 is 19.1 Å². The van der Waals surface area contributed by atoms with Gasteiger partial charge in [-0.2, -0.15) is 0 Å². The maximum Gasteiger partial charge on any atom is 0.341 e. The third-order valence-electron chi connectivity index (χ3n) is 4.39. The highest BCUT2D eigenvalue weighted by Crippen LogP contribution is 2.34. The molecule has 0 aliphatic rings. The third kappa shape index (κ3) is 5.41. The molecule has 1 aromatic heterocycles. The topological polar surface area (TPSA) is 75.7 Å². The molecule has 1 aromatic carbocycles. The second-order valence-electron chi connectivity index (χ2n) is 6.23. The average Bonchev–Trinajstić information content (AvgIpc) is 3.04. The van der Waals surface area contributed by atoms with Gasteiger partial charge < -0.3 is 15.0 Å². The minimum absolute atomic E-state index is 0.175. The van der Waals surface area contributed by atoms with Gasteiger partial charge in [0, 0.05) is 19.2 Å². The van der Waals surface area contributed by atoms with Crippen molar-refractivity contribution in [3.8, 4) is 0 Å². The van der Waals surface area contributed by atoms with E-state index in [2.05, 4.69) is 5.32 Å². The summed E-state index contributed by atoms with van der Waals surface area (Å²) in [6.07, 6.45) is 2.87. The molecule has 1 heterocycles. The molecule has 2 aromatic rings. The fraction of sp³-hybridized carbons (Fsp3) is 0.286. The van der Waals surface area contributed by atoms with Crippen molar-refractivity contribution in [2.24, 2.45) is 0 Å². The van der Waals surface area contributed by atoms with Crippen LogP contribution in [0.3, 0.4) is 0 Å². The molecule has 0 aliphatic carbocycles. The smallest absolute Gasteiger partial charge is 0.341 e. The van der Waals surface area contributed by atoms with Crippen molar-refractivity contribution in [1.29, 1.82) is 0 Å². The monoisotopic (exact) mass is 468 g/mol. The number of hydrogen-bond donors (Lipinski definition) is 1. The number of halogens is 2. The van der Waals surface area contributed by atoms with Crippen LogP contribution in [0.2, 0.25) is 10.0 Å². The first-order valence-corrected chi connectivity index (χ1v) is 10.8. The van der Waals surface area contributed by atoms with Crippen molar-refractivity contribution in [2.75, 3.05) is 25.5 Å². The lowest BCUT2D eigenvalue weighted by atomic mass is 10.1. The van der Waals surface area contributed by atoms with E-state index in [-0.39, 0.29) is 16.5 Å². The number of methoxy groups -OCH3 is 1. The van der Waals surface area contributed by atoms with Crippen molar-refractivity contribution in [3.05, 3.63) is 55.9 Å². The number of anilines is 1. The summed E-state index contributed by atoms with van der Waals surface area (Å²) in [5, 5.41) is 3.73. The van der Waals surface area contributed by atoms with Crippen LogP contribution in [0.15, 0.2) is 24.3 Å². The number of carbonyl (C=O) groups is 3. The van der Waals surface area contributed by atoms with E-state index in [1.165, 1.54) is 13.2 Å². The van der Waals surface area contributed by atoms with Gasteiger partial charge in [-0.15, -0.1) is 11.3 Å². The average molecular weight is 469 g/mol. The Morgan fingerprint density at radius 2 is 1.83 bits per heavy atom. The standard InChI is InChI=1S/C21H22Cl2N2O4S/c1-5-25(6-2)20(27)18-12(3)17(21(28)29-4)19(30-18)24-16(26)10-8-13-7-9-14(22)15(23)11-13/h7-11H,5-6H2,1-4H3,(H,24,26)/b10-8+. The largest absolute Gasteiger partial charge is 0.465 e. The van der Waals surface area contributed by atoms with E-state index in [1.807, 2.05) is 13.8 Å². The van der Waals surface area contributed by atoms with Crippen molar-refractivity contribution in [1.82, 2.24) is 4.90 Å². The molecule has 9 heteroatoms. The number of carbonyl (C=O) groups excluding carboxylic acids is 3. The van der Waals surface area contributed by atoms with Crippen LogP contribution in [-0.4, -0.2) is 42.9 Å². The van der Waals surface area contributed by atoms with Crippen molar-refractivity contribution in [2.45, 2.75) is 20.8 Å². The molecule has 2 amide bonds. The number of nitrogens with zero attached hydrogens (tertiary/aromatic N) is 1. The Hall–Kier alpha value is -2.35. The molecule has 2 rings (SSSR count). The van der Waals surface area contributed by atoms with Crippen LogP contribution < -0.4 is 5.32 Å². The summed E-state index contributed by atoms with van der Waals surface area (Å²) in [7, 11) is 1.25. The normalized spacial score (nSPS) is 10.9. The van der Waals surface area contributed by atoms with Gasteiger partial charge in [0.15, 0.2) is 0 Å². The molecular formula is C21H22Cl2N2O4S. The fourth-order valence-corrected chi connectivity index (χ4v) is 4.22. The Kier molecular flexibility index (Phi) is 8.46. The molecule has 0 bridgehead atoms. The molecule has 0 saturated carbocycles. The summed E-state index contributed by atoms with van der Waals surface area (Å²) >= 11 is 12.9. The quantitative estimate of drug-likeness (QED) is 0.442. The summed E-state index contributed by atoms with van der Waals surface area (Å²) < 4.78 is 4.85. The number of benzene rings is 1. The molecular weight excluding hydrogens is 447 g/mol. The number of thiophene rings is 1. The lowest BCUT2D eigenvalue weighted by molar-refractivity contribution is -0.111. The van der Waals surface area contributed by atoms with E-state index >= 15 is 0 Å². The first-order chi connectivity index (χ1) is 14.2. The zero-order valence-corrected chi connectivity index (χ0v) is 19.4. The fourth-order valence-electron chi connectivity index (χ4n) is 2.75. The summed E-state index contributed by atoms with van der Waals surface area (Å²) in [4.78, 5) is 39.6. The van der Waals surface area contributed by atoms with Crippen LogP contribution >= 0.6 is 34.5 Å². The predicted octanol–water partition coefficient (Wildman–Crippen LogP) is 5.28.